The minimum Gasteiger partial charge on any atom is -0.491 e. The van der Waals surface area contributed by atoms with Gasteiger partial charge in [-0.1, -0.05) is 25.3 Å². The molecule has 0 unspecified atom stereocenters. The lowest BCUT2D eigenvalue weighted by Crippen LogP contribution is -2.16. The maximum atomic E-state index is 10.9. The highest BCUT2D eigenvalue weighted by Gasteiger charge is 2.15. The number of rotatable bonds is 4. The predicted octanol–water partition coefficient (Wildman–Crippen LogP) is 4.06. The van der Waals surface area contributed by atoms with Gasteiger partial charge < -0.3 is 4.74 Å². The number of benzene rings is 1. The van der Waals surface area contributed by atoms with Crippen LogP contribution in [0.3, 0.4) is 0 Å². The van der Waals surface area contributed by atoms with E-state index in [1.807, 2.05) is 18.2 Å². The molecule has 0 radical (unpaired) electrons. The highest BCUT2D eigenvalue weighted by atomic mass is 127. The second-order valence-electron chi connectivity index (χ2n) is 4.59. The first kappa shape index (κ1) is 12.9. The monoisotopic (exact) mass is 344 g/mol. The largest absolute Gasteiger partial charge is 0.491 e. The molecule has 2 rings (SSSR count). The molecule has 1 aliphatic rings. The SMILES string of the molecule is O=Cc1cccc(I)c1OCC1CCCCC1. The number of carbonyl (C=O) groups is 1. The number of carbonyl (C=O) groups excluding carboxylic acids is 1. The third-order valence-electron chi connectivity index (χ3n) is 3.31. The molecule has 0 N–H and O–H groups in total. The molecule has 3 heteroatoms. The van der Waals surface area contributed by atoms with Crippen molar-refractivity contribution < 1.29 is 9.53 Å². The second kappa shape index (κ2) is 6.38. The molecule has 0 spiro atoms. The molecule has 1 aromatic rings. The van der Waals surface area contributed by atoms with Gasteiger partial charge in [-0.05, 0) is 53.5 Å². The molecule has 1 aromatic carbocycles. The van der Waals surface area contributed by atoms with Crippen LogP contribution in [0.1, 0.15) is 42.5 Å². The van der Waals surface area contributed by atoms with Crippen molar-refractivity contribution in [2.75, 3.05) is 6.61 Å². The summed E-state index contributed by atoms with van der Waals surface area (Å²) >= 11 is 2.22. The third kappa shape index (κ3) is 3.44. The summed E-state index contributed by atoms with van der Waals surface area (Å²) in [6.07, 6.45) is 7.40. The van der Waals surface area contributed by atoms with E-state index in [0.717, 1.165) is 22.2 Å². The van der Waals surface area contributed by atoms with Crippen molar-refractivity contribution in [2.24, 2.45) is 5.92 Å². The fourth-order valence-electron chi connectivity index (χ4n) is 2.33. The molecule has 1 fully saturated rings. The number of aldehydes is 1. The lowest BCUT2D eigenvalue weighted by Gasteiger charge is -2.22. The molecular formula is C14H17IO2. The molecule has 92 valence electrons. The zero-order valence-electron chi connectivity index (χ0n) is 9.82. The van der Waals surface area contributed by atoms with Crippen LogP contribution < -0.4 is 4.74 Å². The number of hydrogen-bond acceptors (Lipinski definition) is 2. The molecule has 1 aliphatic carbocycles. The number of halogens is 1. The molecule has 0 heterocycles. The van der Waals surface area contributed by atoms with Crippen LogP contribution in [0.5, 0.6) is 5.75 Å². The minimum absolute atomic E-state index is 0.660. The van der Waals surface area contributed by atoms with Gasteiger partial charge in [-0.2, -0.15) is 0 Å². The van der Waals surface area contributed by atoms with Crippen LogP contribution in [0.25, 0.3) is 0 Å². The number of para-hydroxylation sites is 1. The van der Waals surface area contributed by atoms with Crippen LogP contribution >= 0.6 is 22.6 Å². The maximum Gasteiger partial charge on any atom is 0.153 e. The summed E-state index contributed by atoms with van der Waals surface area (Å²) in [5.41, 5.74) is 0.660. The van der Waals surface area contributed by atoms with Crippen molar-refractivity contribution in [3.8, 4) is 5.75 Å². The first-order valence-electron chi connectivity index (χ1n) is 6.17. The van der Waals surface area contributed by atoms with Gasteiger partial charge in [0, 0.05) is 0 Å². The van der Waals surface area contributed by atoms with Crippen LogP contribution in [-0.2, 0) is 0 Å². The predicted molar refractivity (Wildman–Crippen MR) is 76.6 cm³/mol. The van der Waals surface area contributed by atoms with Crippen LogP contribution in [-0.4, -0.2) is 12.9 Å². The Labute approximate surface area is 116 Å². The van der Waals surface area contributed by atoms with E-state index in [9.17, 15) is 4.79 Å². The van der Waals surface area contributed by atoms with Gasteiger partial charge in [0.15, 0.2) is 6.29 Å². The van der Waals surface area contributed by atoms with E-state index in [2.05, 4.69) is 22.6 Å². The van der Waals surface area contributed by atoms with Crippen molar-refractivity contribution in [2.45, 2.75) is 32.1 Å². The first-order chi connectivity index (χ1) is 8.31. The summed E-state index contributed by atoms with van der Waals surface area (Å²) < 4.78 is 6.88. The standard InChI is InChI=1S/C14H17IO2/c15-13-8-4-7-12(9-16)14(13)17-10-11-5-2-1-3-6-11/h4,7-9,11H,1-3,5-6,10H2. The number of ether oxygens (including phenoxy) is 1. The quantitative estimate of drug-likeness (QED) is 0.608. The van der Waals surface area contributed by atoms with Crippen molar-refractivity contribution in [3.63, 3.8) is 0 Å². The van der Waals surface area contributed by atoms with Gasteiger partial charge in [0.1, 0.15) is 5.75 Å². The molecule has 0 amide bonds. The van der Waals surface area contributed by atoms with Crippen molar-refractivity contribution >= 4 is 28.9 Å². The van der Waals surface area contributed by atoms with Gasteiger partial charge in [-0.15, -0.1) is 0 Å². The Kier molecular flexibility index (Phi) is 4.83. The molecule has 17 heavy (non-hydrogen) atoms. The maximum absolute atomic E-state index is 10.9. The molecule has 1 saturated carbocycles. The highest BCUT2D eigenvalue weighted by Crippen LogP contribution is 2.28. The summed E-state index contributed by atoms with van der Waals surface area (Å²) in [7, 11) is 0. The normalized spacial score (nSPS) is 16.8. The van der Waals surface area contributed by atoms with Gasteiger partial charge in [0.25, 0.3) is 0 Å². The van der Waals surface area contributed by atoms with E-state index in [4.69, 9.17) is 4.74 Å². The van der Waals surface area contributed by atoms with Gasteiger partial charge >= 0.3 is 0 Å². The lowest BCUT2D eigenvalue weighted by atomic mass is 9.90. The summed E-state index contributed by atoms with van der Waals surface area (Å²) in [5.74, 6) is 1.42. The Balaban J connectivity index is 2.00. The molecule has 0 aromatic heterocycles. The second-order valence-corrected chi connectivity index (χ2v) is 5.75. The molecule has 2 nitrogen and oxygen atoms in total. The van der Waals surface area contributed by atoms with Gasteiger partial charge in [-0.3, -0.25) is 4.79 Å². The van der Waals surface area contributed by atoms with Gasteiger partial charge in [0.2, 0.25) is 0 Å². The Morgan fingerprint density at radius 1 is 1.29 bits per heavy atom. The summed E-state index contributed by atoms with van der Waals surface area (Å²) in [6.45, 7) is 0.751. The minimum atomic E-state index is 0.660. The molecular weight excluding hydrogens is 327 g/mol. The first-order valence-corrected chi connectivity index (χ1v) is 7.25. The molecule has 0 saturated heterocycles. The van der Waals surface area contributed by atoms with E-state index < -0.39 is 0 Å². The zero-order chi connectivity index (χ0) is 12.1. The van der Waals surface area contributed by atoms with E-state index in [0.29, 0.717) is 11.5 Å². The molecule has 0 atom stereocenters. The number of hydrogen-bond donors (Lipinski definition) is 0. The molecule has 0 aliphatic heterocycles. The molecule has 0 bridgehead atoms. The van der Waals surface area contributed by atoms with Gasteiger partial charge in [0.05, 0.1) is 15.7 Å². The van der Waals surface area contributed by atoms with Crippen LogP contribution in [0, 0.1) is 9.49 Å². The van der Waals surface area contributed by atoms with Crippen molar-refractivity contribution in [1.82, 2.24) is 0 Å². The Morgan fingerprint density at radius 3 is 2.76 bits per heavy atom. The lowest BCUT2D eigenvalue weighted by molar-refractivity contribution is 0.111. The smallest absolute Gasteiger partial charge is 0.153 e. The van der Waals surface area contributed by atoms with E-state index in [1.54, 1.807) is 0 Å². The third-order valence-corrected chi connectivity index (χ3v) is 4.16. The Bertz CT molecular complexity index is 384. The average Bonchev–Trinajstić information content (AvgIpc) is 2.38. The topological polar surface area (TPSA) is 26.3 Å². The fourth-order valence-corrected chi connectivity index (χ4v) is 3.00. The average molecular weight is 344 g/mol. The van der Waals surface area contributed by atoms with Crippen LogP contribution in [0.2, 0.25) is 0 Å². The Morgan fingerprint density at radius 2 is 2.06 bits per heavy atom. The van der Waals surface area contributed by atoms with Crippen molar-refractivity contribution in [1.29, 1.82) is 0 Å². The Hall–Kier alpha value is -0.580. The zero-order valence-corrected chi connectivity index (χ0v) is 12.0. The highest BCUT2D eigenvalue weighted by molar-refractivity contribution is 14.1. The van der Waals surface area contributed by atoms with E-state index in [-0.39, 0.29) is 0 Å². The summed E-state index contributed by atoms with van der Waals surface area (Å²) in [6, 6.07) is 5.67. The van der Waals surface area contributed by atoms with Crippen molar-refractivity contribution in [3.05, 3.63) is 27.3 Å². The summed E-state index contributed by atoms with van der Waals surface area (Å²) in [5, 5.41) is 0. The summed E-state index contributed by atoms with van der Waals surface area (Å²) in [4.78, 5) is 10.9. The van der Waals surface area contributed by atoms with Gasteiger partial charge in [-0.25, -0.2) is 0 Å². The van der Waals surface area contributed by atoms with Crippen LogP contribution in [0.15, 0.2) is 18.2 Å². The fraction of sp³-hybridized carbons (Fsp3) is 0.500. The van der Waals surface area contributed by atoms with Crippen LogP contribution in [0.4, 0.5) is 0 Å². The van der Waals surface area contributed by atoms with E-state index >= 15 is 0 Å². The van der Waals surface area contributed by atoms with E-state index in [1.165, 1.54) is 32.1 Å².